The Labute approximate surface area is 156 Å². The van der Waals surface area contributed by atoms with Crippen molar-refractivity contribution in [2.24, 2.45) is 0 Å². The summed E-state index contributed by atoms with van der Waals surface area (Å²) in [5.41, 5.74) is 0.619. The third-order valence-corrected chi connectivity index (χ3v) is 5.62. The maximum atomic E-state index is 12.5. The van der Waals surface area contributed by atoms with Crippen LogP contribution in [0.2, 0.25) is 5.02 Å². The first-order valence-electron chi connectivity index (χ1n) is 7.81. The Hall–Kier alpha value is -2.00. The van der Waals surface area contributed by atoms with Crippen molar-refractivity contribution in [1.82, 2.24) is 4.72 Å². The van der Waals surface area contributed by atoms with Gasteiger partial charge in [0.25, 0.3) is 0 Å². The van der Waals surface area contributed by atoms with Gasteiger partial charge < -0.3 is 19.3 Å². The highest BCUT2D eigenvalue weighted by Gasteiger charge is 2.21. The van der Waals surface area contributed by atoms with Gasteiger partial charge in [0.15, 0.2) is 11.5 Å². The van der Waals surface area contributed by atoms with Gasteiger partial charge in [-0.05, 0) is 42.3 Å². The van der Waals surface area contributed by atoms with Gasteiger partial charge in [-0.25, -0.2) is 13.1 Å². The van der Waals surface area contributed by atoms with E-state index in [0.29, 0.717) is 17.1 Å². The van der Waals surface area contributed by atoms with E-state index < -0.39 is 16.1 Å². The highest BCUT2D eigenvalue weighted by molar-refractivity contribution is 7.89. The summed E-state index contributed by atoms with van der Waals surface area (Å²) in [6.07, 6.45) is -0.671. The quantitative estimate of drug-likeness (QED) is 0.742. The lowest BCUT2D eigenvalue weighted by Gasteiger charge is -2.14. The lowest BCUT2D eigenvalue weighted by Crippen LogP contribution is -2.26. The Morgan fingerprint density at radius 2 is 2.00 bits per heavy atom. The Balaban J connectivity index is 1.64. The molecule has 1 atom stereocenters. The third-order valence-electron chi connectivity index (χ3n) is 3.91. The molecule has 140 valence electrons. The number of rotatable bonds is 7. The fourth-order valence-corrected chi connectivity index (χ4v) is 4.03. The first-order valence-corrected chi connectivity index (χ1v) is 9.67. The van der Waals surface area contributed by atoms with Gasteiger partial charge in [-0.2, -0.15) is 0 Å². The summed E-state index contributed by atoms with van der Waals surface area (Å²) < 4.78 is 42.9. The summed E-state index contributed by atoms with van der Waals surface area (Å²) in [5, 5.41) is 10.6. The van der Waals surface area contributed by atoms with Crippen LogP contribution in [0.15, 0.2) is 41.3 Å². The van der Waals surface area contributed by atoms with Crippen molar-refractivity contribution in [3.05, 3.63) is 47.0 Å². The predicted octanol–water partition coefficient (Wildman–Crippen LogP) is 2.48. The fourth-order valence-electron chi connectivity index (χ4n) is 2.56. The van der Waals surface area contributed by atoms with Crippen molar-refractivity contribution in [2.75, 3.05) is 20.4 Å². The number of ether oxygens (including phenoxy) is 3. The minimum Gasteiger partial charge on any atom is -0.495 e. The summed E-state index contributed by atoms with van der Waals surface area (Å²) in [4.78, 5) is -0.0509. The minimum absolute atomic E-state index is 0.0353. The number of hydrogen-bond donors (Lipinski definition) is 2. The van der Waals surface area contributed by atoms with Crippen LogP contribution in [0.25, 0.3) is 0 Å². The first kappa shape index (κ1) is 18.8. The topological polar surface area (TPSA) is 94.1 Å². The fraction of sp³-hybridized carbons (Fsp3) is 0.294. The zero-order valence-corrected chi connectivity index (χ0v) is 15.5. The van der Waals surface area contributed by atoms with Crippen LogP contribution >= 0.6 is 11.6 Å². The Bertz CT molecular complexity index is 902. The average Bonchev–Trinajstić information content (AvgIpc) is 3.09. The zero-order chi connectivity index (χ0) is 18.7. The van der Waals surface area contributed by atoms with Crippen LogP contribution in [0.1, 0.15) is 18.1 Å². The molecule has 0 saturated carbocycles. The second-order valence-corrected chi connectivity index (χ2v) is 7.78. The normalized spacial score (nSPS) is 14.3. The number of nitrogens with one attached hydrogen (secondary N) is 1. The molecule has 26 heavy (non-hydrogen) atoms. The smallest absolute Gasteiger partial charge is 0.244 e. The van der Waals surface area contributed by atoms with Gasteiger partial charge in [0.2, 0.25) is 16.8 Å². The summed E-state index contributed by atoms with van der Waals surface area (Å²) in [7, 11) is -2.45. The van der Waals surface area contributed by atoms with E-state index in [4.69, 9.17) is 25.8 Å². The van der Waals surface area contributed by atoms with Crippen LogP contribution in [0.3, 0.4) is 0 Å². The number of hydrogen-bond acceptors (Lipinski definition) is 6. The molecule has 9 heteroatoms. The monoisotopic (exact) mass is 399 g/mol. The molecule has 7 nitrogen and oxygen atoms in total. The van der Waals surface area contributed by atoms with Gasteiger partial charge in [0.05, 0.1) is 13.2 Å². The Morgan fingerprint density at radius 1 is 1.23 bits per heavy atom. The number of aliphatic hydroxyl groups is 1. The molecule has 0 unspecified atom stereocenters. The standard InChI is InChI=1S/C17H18ClNO6S/c1-23-15-5-3-12(18)9-17(15)26(21,22)19-7-6-13(20)11-2-4-14-16(8-11)25-10-24-14/h2-5,8-9,13,19-20H,6-7,10H2,1H3/t13-/m0/s1. The van der Waals surface area contributed by atoms with Crippen molar-refractivity contribution in [3.8, 4) is 17.2 Å². The molecule has 0 saturated heterocycles. The second-order valence-electron chi connectivity index (χ2n) is 5.61. The van der Waals surface area contributed by atoms with E-state index in [1.807, 2.05) is 0 Å². The first-order chi connectivity index (χ1) is 12.4. The Kier molecular flexibility index (Phi) is 5.57. The maximum Gasteiger partial charge on any atom is 0.244 e. The molecule has 0 fully saturated rings. The van der Waals surface area contributed by atoms with Crippen molar-refractivity contribution in [2.45, 2.75) is 17.4 Å². The van der Waals surface area contributed by atoms with E-state index in [2.05, 4.69) is 4.72 Å². The number of benzene rings is 2. The van der Waals surface area contributed by atoms with E-state index in [-0.39, 0.29) is 35.4 Å². The highest BCUT2D eigenvalue weighted by atomic mass is 35.5. The minimum atomic E-state index is -3.83. The zero-order valence-electron chi connectivity index (χ0n) is 13.9. The predicted molar refractivity (Wildman–Crippen MR) is 95.3 cm³/mol. The molecule has 1 aliphatic heterocycles. The molecule has 2 N–H and O–H groups in total. The SMILES string of the molecule is COc1ccc(Cl)cc1S(=O)(=O)NCC[C@H](O)c1ccc2c(c1)OCO2. The summed E-state index contributed by atoms with van der Waals surface area (Å²) in [5.74, 6) is 1.37. The molecule has 1 aliphatic rings. The molecule has 3 rings (SSSR count). The maximum absolute atomic E-state index is 12.5. The molecule has 0 aromatic heterocycles. The van der Waals surface area contributed by atoms with E-state index >= 15 is 0 Å². The van der Waals surface area contributed by atoms with Crippen LogP contribution in [-0.2, 0) is 10.0 Å². The molecular weight excluding hydrogens is 382 g/mol. The highest BCUT2D eigenvalue weighted by Crippen LogP contribution is 2.34. The van der Waals surface area contributed by atoms with E-state index in [1.165, 1.54) is 19.2 Å². The van der Waals surface area contributed by atoms with Crippen molar-refractivity contribution in [1.29, 1.82) is 0 Å². The van der Waals surface area contributed by atoms with Gasteiger partial charge in [0.1, 0.15) is 10.6 Å². The molecular formula is C17H18ClNO6S. The van der Waals surface area contributed by atoms with Crippen molar-refractivity contribution >= 4 is 21.6 Å². The molecule has 0 bridgehead atoms. The summed E-state index contributed by atoms with van der Waals surface area (Å²) >= 11 is 5.88. The third kappa shape index (κ3) is 4.04. The lowest BCUT2D eigenvalue weighted by atomic mass is 10.1. The molecule has 0 aliphatic carbocycles. The number of methoxy groups -OCH3 is 1. The molecule has 2 aromatic rings. The van der Waals surface area contributed by atoms with Crippen LogP contribution in [0, 0.1) is 0 Å². The summed E-state index contributed by atoms with van der Waals surface area (Å²) in [6, 6.07) is 9.45. The van der Waals surface area contributed by atoms with E-state index in [0.717, 1.165) is 0 Å². The van der Waals surface area contributed by atoms with Crippen LogP contribution in [-0.4, -0.2) is 34.0 Å². The van der Waals surface area contributed by atoms with E-state index in [1.54, 1.807) is 24.3 Å². The molecule has 0 spiro atoms. The molecule has 2 aromatic carbocycles. The van der Waals surface area contributed by atoms with Crippen LogP contribution < -0.4 is 18.9 Å². The average molecular weight is 400 g/mol. The van der Waals surface area contributed by atoms with Gasteiger partial charge in [-0.15, -0.1) is 0 Å². The Morgan fingerprint density at radius 3 is 2.77 bits per heavy atom. The molecule has 1 heterocycles. The number of fused-ring (bicyclic) bond motifs is 1. The van der Waals surface area contributed by atoms with Crippen molar-refractivity contribution < 1.29 is 27.7 Å². The van der Waals surface area contributed by atoms with Gasteiger partial charge in [-0.3, -0.25) is 0 Å². The van der Waals surface area contributed by atoms with Crippen LogP contribution in [0.4, 0.5) is 0 Å². The van der Waals surface area contributed by atoms with Gasteiger partial charge in [0, 0.05) is 11.6 Å². The molecule has 0 radical (unpaired) electrons. The van der Waals surface area contributed by atoms with E-state index in [9.17, 15) is 13.5 Å². The number of aliphatic hydroxyl groups excluding tert-OH is 1. The lowest BCUT2D eigenvalue weighted by molar-refractivity contribution is 0.166. The van der Waals surface area contributed by atoms with Crippen molar-refractivity contribution in [3.63, 3.8) is 0 Å². The van der Waals surface area contributed by atoms with Crippen LogP contribution in [0.5, 0.6) is 17.2 Å². The second kappa shape index (κ2) is 7.71. The largest absolute Gasteiger partial charge is 0.495 e. The number of sulfonamides is 1. The van der Waals surface area contributed by atoms with Gasteiger partial charge >= 0.3 is 0 Å². The van der Waals surface area contributed by atoms with Gasteiger partial charge in [-0.1, -0.05) is 17.7 Å². The number of halogens is 1. The molecule has 0 amide bonds. The summed E-state index contributed by atoms with van der Waals surface area (Å²) in [6.45, 7) is 0.184.